The van der Waals surface area contributed by atoms with Gasteiger partial charge in [0.25, 0.3) is 0 Å². The van der Waals surface area contributed by atoms with Crippen LogP contribution < -0.4 is 21.2 Å². The van der Waals surface area contributed by atoms with E-state index in [1.165, 1.54) is 0 Å². The summed E-state index contributed by atoms with van der Waals surface area (Å²) in [5.74, 6) is 0.733. The average Bonchev–Trinajstić information content (AvgIpc) is 2.41. The average molecular weight is 238 g/mol. The topological polar surface area (TPSA) is 54.5 Å². The van der Waals surface area contributed by atoms with E-state index in [9.17, 15) is 0 Å². The minimum Gasteiger partial charge on any atom is -0.384 e. The highest BCUT2D eigenvalue weighted by molar-refractivity contribution is 5.65. The summed E-state index contributed by atoms with van der Waals surface area (Å²) in [5, 5.41) is 1.99. The number of hydrogen-bond donors (Lipinski definition) is 1. The van der Waals surface area contributed by atoms with Gasteiger partial charge in [-0.25, -0.2) is 0 Å². The normalized spacial score (nSPS) is 14.1. The quantitative estimate of drug-likeness (QED) is 0.787. The van der Waals surface area contributed by atoms with E-state index in [1.54, 1.807) is 12.4 Å². The van der Waals surface area contributed by atoms with Crippen LogP contribution in [0.25, 0.3) is 5.82 Å². The molecule has 4 nitrogen and oxygen atoms in total. The number of rotatable bonds is 1. The van der Waals surface area contributed by atoms with Crippen LogP contribution in [0.5, 0.6) is 0 Å². The molecule has 2 N–H and O–H groups in total. The van der Waals surface area contributed by atoms with Crippen LogP contribution >= 0.6 is 0 Å². The first-order chi connectivity index (χ1) is 8.77. The molecule has 0 spiro atoms. The van der Waals surface area contributed by atoms with Gasteiger partial charge in [0.05, 0.1) is 17.2 Å². The predicted octanol–water partition coefficient (Wildman–Crippen LogP) is 0.512. The van der Waals surface area contributed by atoms with Gasteiger partial charge in [-0.2, -0.15) is 0 Å². The van der Waals surface area contributed by atoms with E-state index in [4.69, 9.17) is 5.73 Å². The zero-order valence-electron chi connectivity index (χ0n) is 10.2. The van der Waals surface area contributed by atoms with Crippen molar-refractivity contribution >= 4 is 11.5 Å². The first-order valence-corrected chi connectivity index (χ1v) is 5.85. The third-order valence-electron chi connectivity index (χ3n) is 3.13. The lowest BCUT2D eigenvalue weighted by molar-refractivity contribution is 0.896. The molecule has 1 aliphatic heterocycles. The number of aromatic nitrogens is 1. The summed E-state index contributed by atoms with van der Waals surface area (Å²) in [6.07, 6.45) is 3.54. The van der Waals surface area contributed by atoms with E-state index in [2.05, 4.69) is 23.0 Å². The van der Waals surface area contributed by atoms with Crippen molar-refractivity contribution in [1.29, 1.82) is 0 Å². The Morgan fingerprint density at radius 1 is 1.22 bits per heavy atom. The van der Waals surface area contributed by atoms with Crippen LogP contribution in [0.2, 0.25) is 0 Å². The molecule has 4 heteroatoms. The molecule has 0 fully saturated rings. The van der Waals surface area contributed by atoms with Crippen molar-refractivity contribution in [2.75, 3.05) is 11.6 Å². The lowest BCUT2D eigenvalue weighted by Gasteiger charge is -2.25. The summed E-state index contributed by atoms with van der Waals surface area (Å²) in [4.78, 5) is 10.7. The van der Waals surface area contributed by atoms with Gasteiger partial charge in [0.2, 0.25) is 0 Å². The van der Waals surface area contributed by atoms with Crippen molar-refractivity contribution in [2.24, 2.45) is 10.7 Å². The van der Waals surface area contributed by atoms with Gasteiger partial charge in [0, 0.05) is 11.4 Å². The molecule has 0 radical (unpaired) electrons. The molecule has 1 aliphatic rings. The lowest BCUT2D eigenvalue weighted by atomic mass is 10.1. The van der Waals surface area contributed by atoms with Crippen molar-refractivity contribution in [3.8, 4) is 0 Å². The maximum absolute atomic E-state index is 6.25. The highest BCUT2D eigenvalue weighted by Crippen LogP contribution is 2.15. The highest BCUT2D eigenvalue weighted by atomic mass is 15.3. The number of nitrogens with two attached hydrogens (primary N) is 1. The van der Waals surface area contributed by atoms with Crippen LogP contribution in [0.15, 0.2) is 47.7 Å². The second-order valence-corrected chi connectivity index (χ2v) is 4.30. The zero-order chi connectivity index (χ0) is 12.5. The Labute approximate surface area is 105 Å². The number of para-hydroxylation sites is 1. The Morgan fingerprint density at radius 3 is 2.89 bits per heavy atom. The van der Waals surface area contributed by atoms with Gasteiger partial charge in [-0.05, 0) is 30.7 Å². The van der Waals surface area contributed by atoms with Gasteiger partial charge in [-0.3, -0.25) is 9.98 Å². The van der Waals surface area contributed by atoms with E-state index in [0.717, 1.165) is 27.6 Å². The molecule has 3 rings (SSSR count). The molecule has 0 aliphatic carbocycles. The van der Waals surface area contributed by atoms with Crippen molar-refractivity contribution in [3.05, 3.63) is 58.9 Å². The molecule has 1 aromatic heterocycles. The third kappa shape index (κ3) is 1.62. The summed E-state index contributed by atoms with van der Waals surface area (Å²) in [5.41, 5.74) is 8.36. The summed E-state index contributed by atoms with van der Waals surface area (Å²) >= 11 is 0. The summed E-state index contributed by atoms with van der Waals surface area (Å²) in [6.45, 7) is 2.59. The van der Waals surface area contributed by atoms with Crippen molar-refractivity contribution in [1.82, 2.24) is 4.98 Å². The second kappa shape index (κ2) is 4.14. The molecular weight excluding hydrogens is 224 g/mol. The van der Waals surface area contributed by atoms with Crippen LogP contribution in [0.3, 0.4) is 0 Å². The molecule has 0 amide bonds. The molecule has 0 unspecified atom stereocenters. The first-order valence-electron chi connectivity index (χ1n) is 5.85. The smallest absolute Gasteiger partial charge is 0.117 e. The van der Waals surface area contributed by atoms with Crippen LogP contribution in [0, 0.1) is 6.92 Å². The number of pyridine rings is 1. The molecule has 2 heterocycles. The SMILES string of the molecule is Cc1cccc2c1=NCN(c1cccnc1)C=2N. The largest absolute Gasteiger partial charge is 0.384 e. The van der Waals surface area contributed by atoms with Crippen LogP contribution in [0.4, 0.5) is 5.69 Å². The fourth-order valence-electron chi connectivity index (χ4n) is 2.17. The zero-order valence-corrected chi connectivity index (χ0v) is 10.2. The molecule has 0 atom stereocenters. The molecular formula is C14H14N4. The Balaban J connectivity index is 2.20. The Bertz CT molecular complexity index is 691. The minimum atomic E-state index is 0.537. The fourth-order valence-corrected chi connectivity index (χ4v) is 2.17. The van der Waals surface area contributed by atoms with Gasteiger partial charge in [-0.15, -0.1) is 0 Å². The summed E-state index contributed by atoms with van der Waals surface area (Å²) < 4.78 is 0. The van der Waals surface area contributed by atoms with E-state index in [-0.39, 0.29) is 0 Å². The second-order valence-electron chi connectivity index (χ2n) is 4.30. The van der Waals surface area contributed by atoms with Crippen molar-refractivity contribution < 1.29 is 0 Å². The van der Waals surface area contributed by atoms with E-state index >= 15 is 0 Å². The lowest BCUT2D eigenvalue weighted by Crippen LogP contribution is -2.44. The third-order valence-corrected chi connectivity index (χ3v) is 3.13. The highest BCUT2D eigenvalue weighted by Gasteiger charge is 2.14. The monoisotopic (exact) mass is 238 g/mol. The summed E-state index contributed by atoms with van der Waals surface area (Å²) in [6, 6.07) is 9.94. The predicted molar refractivity (Wildman–Crippen MR) is 71.1 cm³/mol. The molecule has 1 aromatic carbocycles. The molecule has 0 saturated carbocycles. The van der Waals surface area contributed by atoms with Crippen LogP contribution in [-0.2, 0) is 0 Å². The molecule has 0 saturated heterocycles. The van der Waals surface area contributed by atoms with Crippen LogP contribution in [0.1, 0.15) is 5.56 Å². The van der Waals surface area contributed by atoms with Gasteiger partial charge in [0.15, 0.2) is 0 Å². The first kappa shape index (κ1) is 10.8. The Hall–Kier alpha value is -2.36. The fraction of sp³-hybridized carbons (Fsp3) is 0.143. The molecule has 0 bridgehead atoms. The number of hydrogen-bond acceptors (Lipinski definition) is 4. The van der Waals surface area contributed by atoms with Gasteiger partial charge in [-0.1, -0.05) is 12.1 Å². The standard InChI is InChI=1S/C14H14N4/c1-10-4-2-6-12-13(10)17-9-18(14(12)15)11-5-3-7-16-8-11/h2-8H,9,15H2,1H3. The Morgan fingerprint density at radius 2 is 2.11 bits per heavy atom. The van der Waals surface area contributed by atoms with Gasteiger partial charge < -0.3 is 10.6 Å². The van der Waals surface area contributed by atoms with Crippen molar-refractivity contribution in [3.63, 3.8) is 0 Å². The minimum absolute atomic E-state index is 0.537. The van der Waals surface area contributed by atoms with Gasteiger partial charge in [0.1, 0.15) is 12.5 Å². The Kier molecular flexibility index (Phi) is 2.48. The summed E-state index contributed by atoms with van der Waals surface area (Å²) in [7, 11) is 0. The number of benzene rings is 1. The van der Waals surface area contributed by atoms with E-state index in [1.807, 2.05) is 29.2 Å². The van der Waals surface area contributed by atoms with E-state index < -0.39 is 0 Å². The van der Waals surface area contributed by atoms with Crippen molar-refractivity contribution in [2.45, 2.75) is 6.92 Å². The molecule has 18 heavy (non-hydrogen) atoms. The van der Waals surface area contributed by atoms with E-state index in [0.29, 0.717) is 6.67 Å². The number of aryl methyl sites for hydroxylation is 1. The molecule has 90 valence electrons. The maximum Gasteiger partial charge on any atom is 0.117 e. The molecule has 2 aromatic rings. The maximum atomic E-state index is 6.25. The van der Waals surface area contributed by atoms with Gasteiger partial charge >= 0.3 is 0 Å². The number of anilines is 1. The number of fused-ring (bicyclic) bond motifs is 1. The number of nitrogens with zero attached hydrogens (tertiary/aromatic N) is 3. The van der Waals surface area contributed by atoms with Crippen LogP contribution in [-0.4, -0.2) is 11.7 Å².